The van der Waals surface area contributed by atoms with Crippen LogP contribution in [0.5, 0.6) is 0 Å². The van der Waals surface area contributed by atoms with E-state index in [0.29, 0.717) is 6.42 Å². The summed E-state index contributed by atoms with van der Waals surface area (Å²) in [5.74, 6) is -0.111. The number of Topliss-reactive ketones (excluding diaryl/α,β-unsaturated/α-hetero) is 1. The molecule has 0 amide bonds. The van der Waals surface area contributed by atoms with Gasteiger partial charge in [0.2, 0.25) is 0 Å². The maximum absolute atomic E-state index is 12.8. The van der Waals surface area contributed by atoms with E-state index in [-0.39, 0.29) is 19.0 Å². The van der Waals surface area contributed by atoms with Crippen LogP contribution >= 0.6 is 23.5 Å². The van der Waals surface area contributed by atoms with Crippen molar-refractivity contribution in [2.45, 2.75) is 65.0 Å². The fourth-order valence-corrected chi connectivity index (χ4v) is 5.20. The van der Waals surface area contributed by atoms with Crippen LogP contribution in [0, 0.1) is 0 Å². The van der Waals surface area contributed by atoms with Crippen LogP contribution in [0.15, 0.2) is 28.7 Å². The van der Waals surface area contributed by atoms with Crippen molar-refractivity contribution in [2.24, 2.45) is 0 Å². The predicted molar refractivity (Wildman–Crippen MR) is 106 cm³/mol. The van der Waals surface area contributed by atoms with Crippen molar-refractivity contribution in [1.82, 2.24) is 0 Å². The lowest BCUT2D eigenvalue weighted by molar-refractivity contribution is -0.117. The number of rotatable bonds is 13. The van der Waals surface area contributed by atoms with Crippen LogP contribution in [0.3, 0.4) is 0 Å². The normalized spacial score (nSPS) is 13.0. The first-order chi connectivity index (χ1) is 11.9. The van der Waals surface area contributed by atoms with Crippen LogP contribution < -0.4 is 0 Å². The number of benzene rings is 1. The van der Waals surface area contributed by atoms with Gasteiger partial charge in [-0.15, -0.1) is 0 Å². The third-order valence-electron chi connectivity index (χ3n) is 4.08. The van der Waals surface area contributed by atoms with Gasteiger partial charge in [0.05, 0.1) is 13.2 Å². The Bertz CT molecular complexity index is 549. The molecule has 25 heavy (non-hydrogen) atoms. The number of hydrogen-bond acceptors (Lipinski definition) is 4. The van der Waals surface area contributed by atoms with Crippen LogP contribution in [-0.2, 0) is 24.8 Å². The van der Waals surface area contributed by atoms with Gasteiger partial charge in [0, 0.05) is 4.47 Å². The zero-order chi connectivity index (χ0) is 18.7. The van der Waals surface area contributed by atoms with Crippen LogP contribution in [0.25, 0.3) is 0 Å². The first-order valence-electron chi connectivity index (χ1n) is 9.06. The molecule has 0 heterocycles. The largest absolute Gasteiger partial charge is 0.341 e. The number of ketones is 1. The summed E-state index contributed by atoms with van der Waals surface area (Å²) < 4.78 is 24.6. The van der Waals surface area contributed by atoms with Gasteiger partial charge in [0.1, 0.15) is 11.4 Å². The monoisotopic (exact) mass is 432 g/mol. The van der Waals surface area contributed by atoms with Crippen molar-refractivity contribution in [3.63, 3.8) is 0 Å². The third kappa shape index (κ3) is 8.17. The molecule has 1 aromatic rings. The number of aryl methyl sites for hydroxylation is 1. The van der Waals surface area contributed by atoms with E-state index < -0.39 is 13.3 Å². The zero-order valence-corrected chi connectivity index (χ0v) is 18.0. The summed E-state index contributed by atoms with van der Waals surface area (Å²) in [5.41, 5.74) is 0.695. The standard InChI is InChI=1S/C19H30BrO4P/c1-4-23-25(22,24-5-2)19(16(3)21)11-9-7-6-8-10-17-12-14-18(20)15-13-17/h12-15,19H,4-11H2,1-3H3. The van der Waals surface area contributed by atoms with Gasteiger partial charge < -0.3 is 9.05 Å². The van der Waals surface area contributed by atoms with Gasteiger partial charge in [0.25, 0.3) is 0 Å². The highest BCUT2D eigenvalue weighted by Gasteiger charge is 2.38. The molecular formula is C19H30BrO4P. The highest BCUT2D eigenvalue weighted by Crippen LogP contribution is 2.54. The lowest BCUT2D eigenvalue weighted by Gasteiger charge is -2.24. The molecule has 0 bridgehead atoms. The Morgan fingerprint density at radius 2 is 1.60 bits per heavy atom. The molecule has 4 nitrogen and oxygen atoms in total. The second-order valence-electron chi connectivity index (χ2n) is 6.08. The van der Waals surface area contributed by atoms with Gasteiger partial charge in [-0.05, 0) is 57.7 Å². The highest BCUT2D eigenvalue weighted by atomic mass is 79.9. The molecule has 0 saturated heterocycles. The van der Waals surface area contributed by atoms with Crippen LogP contribution in [-0.4, -0.2) is 24.7 Å². The summed E-state index contributed by atoms with van der Waals surface area (Å²) in [6.45, 7) is 5.58. The maximum Gasteiger partial charge on any atom is 0.341 e. The first-order valence-corrected chi connectivity index (χ1v) is 11.5. The SMILES string of the molecule is CCOP(=O)(OCC)C(CCCCCCc1ccc(Br)cc1)C(C)=O. The van der Waals surface area contributed by atoms with Gasteiger partial charge in [-0.25, -0.2) is 0 Å². The molecule has 1 rings (SSSR count). The fraction of sp³-hybridized carbons (Fsp3) is 0.632. The quantitative estimate of drug-likeness (QED) is 0.276. The van der Waals surface area contributed by atoms with E-state index >= 15 is 0 Å². The Kier molecular flexibility index (Phi) is 10.8. The van der Waals surface area contributed by atoms with Gasteiger partial charge in [0.15, 0.2) is 0 Å². The smallest absolute Gasteiger partial charge is 0.308 e. The fourth-order valence-electron chi connectivity index (χ4n) is 2.83. The second kappa shape index (κ2) is 12.0. The Labute approximate surface area is 160 Å². The summed E-state index contributed by atoms with van der Waals surface area (Å²) in [6.07, 6.45) is 5.69. The van der Waals surface area contributed by atoms with E-state index in [4.69, 9.17) is 9.05 Å². The molecule has 1 atom stereocenters. The molecule has 1 unspecified atom stereocenters. The van der Waals surface area contributed by atoms with E-state index in [1.807, 2.05) is 0 Å². The number of unbranched alkanes of at least 4 members (excludes halogenated alkanes) is 3. The molecule has 0 N–H and O–H groups in total. The molecule has 142 valence electrons. The Hall–Kier alpha value is -0.480. The number of carbonyl (C=O) groups excluding carboxylic acids is 1. The lowest BCUT2D eigenvalue weighted by Crippen LogP contribution is -2.21. The van der Waals surface area contributed by atoms with Crippen molar-refractivity contribution in [1.29, 1.82) is 0 Å². The van der Waals surface area contributed by atoms with Gasteiger partial charge >= 0.3 is 7.60 Å². The Morgan fingerprint density at radius 1 is 1.04 bits per heavy atom. The van der Waals surface area contributed by atoms with Crippen molar-refractivity contribution in [3.8, 4) is 0 Å². The van der Waals surface area contributed by atoms with Gasteiger partial charge in [-0.3, -0.25) is 9.36 Å². The molecule has 1 aromatic carbocycles. The molecule has 6 heteroatoms. The number of hydrogen-bond donors (Lipinski definition) is 0. The van der Waals surface area contributed by atoms with Crippen molar-refractivity contribution in [2.75, 3.05) is 13.2 Å². The lowest BCUT2D eigenvalue weighted by atomic mass is 10.0. The minimum absolute atomic E-state index is 0.111. The predicted octanol–water partition coefficient (Wildman–Crippen LogP) is 6.17. The van der Waals surface area contributed by atoms with Gasteiger partial charge in [-0.1, -0.05) is 47.3 Å². The molecule has 0 aliphatic carbocycles. The average molecular weight is 433 g/mol. The molecule has 0 spiro atoms. The van der Waals surface area contributed by atoms with E-state index in [9.17, 15) is 9.36 Å². The van der Waals surface area contributed by atoms with E-state index in [1.165, 1.54) is 12.5 Å². The number of halogens is 1. The molecule has 0 aromatic heterocycles. The molecule has 0 aliphatic heterocycles. The zero-order valence-electron chi connectivity index (χ0n) is 15.5. The Balaban J connectivity index is 2.38. The van der Waals surface area contributed by atoms with Crippen molar-refractivity contribution in [3.05, 3.63) is 34.3 Å². The summed E-state index contributed by atoms with van der Waals surface area (Å²) in [7, 11) is -3.35. The van der Waals surface area contributed by atoms with E-state index in [0.717, 1.165) is 36.6 Å². The third-order valence-corrected chi connectivity index (χ3v) is 7.23. The molecule has 0 fully saturated rings. The Morgan fingerprint density at radius 3 is 2.12 bits per heavy atom. The van der Waals surface area contributed by atoms with Crippen LogP contribution in [0.1, 0.15) is 58.4 Å². The molecule has 0 aliphatic rings. The second-order valence-corrected chi connectivity index (χ2v) is 9.22. The summed E-state index contributed by atoms with van der Waals surface area (Å²) >= 11 is 3.44. The van der Waals surface area contributed by atoms with E-state index in [2.05, 4.69) is 40.2 Å². The molecular weight excluding hydrogens is 403 g/mol. The van der Waals surface area contributed by atoms with Crippen molar-refractivity contribution < 1.29 is 18.4 Å². The molecule has 0 saturated carbocycles. The minimum atomic E-state index is -3.35. The molecule has 0 radical (unpaired) electrons. The minimum Gasteiger partial charge on any atom is -0.308 e. The average Bonchev–Trinajstić information content (AvgIpc) is 2.55. The van der Waals surface area contributed by atoms with Crippen LogP contribution in [0.2, 0.25) is 0 Å². The maximum atomic E-state index is 12.8. The summed E-state index contributed by atoms with van der Waals surface area (Å²) in [6, 6.07) is 8.39. The first kappa shape index (κ1) is 22.6. The van der Waals surface area contributed by atoms with E-state index in [1.54, 1.807) is 13.8 Å². The summed E-state index contributed by atoms with van der Waals surface area (Å²) in [5, 5.41) is 0. The topological polar surface area (TPSA) is 52.6 Å². The summed E-state index contributed by atoms with van der Waals surface area (Å²) in [4.78, 5) is 11.9. The van der Waals surface area contributed by atoms with Gasteiger partial charge in [-0.2, -0.15) is 0 Å². The number of carbonyl (C=O) groups is 1. The van der Waals surface area contributed by atoms with Crippen molar-refractivity contribution >= 4 is 29.3 Å². The highest BCUT2D eigenvalue weighted by molar-refractivity contribution is 9.10. The van der Waals surface area contributed by atoms with Crippen LogP contribution in [0.4, 0.5) is 0 Å².